The van der Waals surface area contributed by atoms with Crippen molar-refractivity contribution in [3.8, 4) is 11.5 Å². The van der Waals surface area contributed by atoms with Gasteiger partial charge in [0.25, 0.3) is 0 Å². The van der Waals surface area contributed by atoms with Gasteiger partial charge in [0.2, 0.25) is 18.6 Å². The van der Waals surface area contributed by atoms with E-state index >= 15 is 0 Å². The van der Waals surface area contributed by atoms with Gasteiger partial charge >= 0.3 is 0 Å². The van der Waals surface area contributed by atoms with E-state index in [0.717, 1.165) is 0 Å². The highest BCUT2D eigenvalue weighted by Gasteiger charge is 2.35. The average molecular weight is 359 g/mol. The van der Waals surface area contributed by atoms with E-state index in [1.165, 1.54) is 0 Å². The number of amides is 2. The maximum absolute atomic E-state index is 12.5. The van der Waals surface area contributed by atoms with Crippen molar-refractivity contribution in [2.75, 3.05) is 23.6 Å². The molecular weight excluding hydrogens is 344 g/mol. The smallest absolute Gasteiger partial charge is 0.231 e. The average Bonchev–Trinajstić information content (AvgIpc) is 3.20. The van der Waals surface area contributed by atoms with E-state index in [4.69, 9.17) is 21.1 Å². The standard InChI is InChI=1S/C18H15ClN2O4/c19-12-2-1-3-14(7-12)21-9-11(6-17(21)22)18(23)20-13-4-5-15-16(8-13)25-10-24-15/h1-5,7-8,11H,6,9-10H2,(H,20,23)/t11-/m0/s1. The molecule has 0 radical (unpaired) electrons. The number of hydrogen-bond donors (Lipinski definition) is 1. The molecule has 0 spiro atoms. The summed E-state index contributed by atoms with van der Waals surface area (Å²) in [6, 6.07) is 12.3. The number of hydrogen-bond acceptors (Lipinski definition) is 4. The lowest BCUT2D eigenvalue weighted by Gasteiger charge is -2.17. The van der Waals surface area contributed by atoms with Crippen LogP contribution in [0.25, 0.3) is 0 Å². The Bertz CT molecular complexity index is 855. The van der Waals surface area contributed by atoms with Gasteiger partial charge < -0.3 is 19.7 Å². The van der Waals surface area contributed by atoms with Crippen molar-refractivity contribution in [2.45, 2.75) is 6.42 Å². The Morgan fingerprint density at radius 3 is 2.84 bits per heavy atom. The summed E-state index contributed by atoms with van der Waals surface area (Å²) in [5.41, 5.74) is 1.32. The Kier molecular flexibility index (Phi) is 3.97. The minimum absolute atomic E-state index is 0.0897. The van der Waals surface area contributed by atoms with Crippen LogP contribution in [0.5, 0.6) is 11.5 Å². The third-order valence-corrected chi connectivity index (χ3v) is 4.49. The van der Waals surface area contributed by atoms with E-state index < -0.39 is 5.92 Å². The number of ether oxygens (including phenoxy) is 2. The van der Waals surface area contributed by atoms with Gasteiger partial charge in [-0.1, -0.05) is 17.7 Å². The second kappa shape index (κ2) is 6.29. The molecule has 1 saturated heterocycles. The number of fused-ring (bicyclic) bond motifs is 1. The molecule has 1 N–H and O–H groups in total. The van der Waals surface area contributed by atoms with Gasteiger partial charge in [-0.25, -0.2) is 0 Å². The zero-order valence-electron chi connectivity index (χ0n) is 13.2. The first kappa shape index (κ1) is 15.8. The molecule has 2 aliphatic heterocycles. The van der Waals surface area contributed by atoms with E-state index in [-0.39, 0.29) is 25.0 Å². The second-order valence-corrected chi connectivity index (χ2v) is 6.38. The molecule has 2 aromatic rings. The molecule has 2 heterocycles. The number of nitrogens with one attached hydrogen (secondary N) is 1. The van der Waals surface area contributed by atoms with Crippen LogP contribution in [-0.2, 0) is 9.59 Å². The molecule has 2 amide bonds. The highest BCUT2D eigenvalue weighted by Crippen LogP contribution is 2.34. The summed E-state index contributed by atoms with van der Waals surface area (Å²) in [6.07, 6.45) is 0.170. The number of rotatable bonds is 3. The van der Waals surface area contributed by atoms with Crippen LogP contribution in [-0.4, -0.2) is 25.2 Å². The van der Waals surface area contributed by atoms with Gasteiger partial charge in [0.15, 0.2) is 11.5 Å². The Balaban J connectivity index is 1.45. The molecular formula is C18H15ClN2O4. The quantitative estimate of drug-likeness (QED) is 0.915. The van der Waals surface area contributed by atoms with E-state index in [9.17, 15) is 9.59 Å². The van der Waals surface area contributed by atoms with Crippen molar-refractivity contribution < 1.29 is 19.1 Å². The highest BCUT2D eigenvalue weighted by molar-refractivity contribution is 6.31. The summed E-state index contributed by atoms with van der Waals surface area (Å²) >= 11 is 5.98. The summed E-state index contributed by atoms with van der Waals surface area (Å²) in [5.74, 6) is 0.545. The molecule has 6 nitrogen and oxygen atoms in total. The fourth-order valence-electron chi connectivity index (χ4n) is 3.00. The van der Waals surface area contributed by atoms with E-state index in [1.54, 1.807) is 41.3 Å². The van der Waals surface area contributed by atoms with E-state index in [2.05, 4.69) is 5.32 Å². The zero-order valence-corrected chi connectivity index (χ0v) is 14.0. The van der Waals surface area contributed by atoms with Crippen LogP contribution >= 0.6 is 11.6 Å². The largest absolute Gasteiger partial charge is 0.454 e. The molecule has 4 rings (SSSR count). The van der Waals surface area contributed by atoms with Crippen molar-refractivity contribution in [3.63, 3.8) is 0 Å². The minimum Gasteiger partial charge on any atom is -0.454 e. The second-order valence-electron chi connectivity index (χ2n) is 5.94. The van der Waals surface area contributed by atoms with Crippen molar-refractivity contribution in [3.05, 3.63) is 47.5 Å². The maximum atomic E-state index is 12.5. The van der Waals surface area contributed by atoms with Gasteiger partial charge in [0.1, 0.15) is 0 Å². The molecule has 2 aromatic carbocycles. The van der Waals surface area contributed by atoms with Crippen LogP contribution in [0.4, 0.5) is 11.4 Å². The Labute approximate surface area is 149 Å². The molecule has 1 atom stereocenters. The van der Waals surface area contributed by atoms with Gasteiger partial charge in [0, 0.05) is 35.4 Å². The Morgan fingerprint density at radius 2 is 2.00 bits per heavy atom. The lowest BCUT2D eigenvalue weighted by Crippen LogP contribution is -2.28. The number of halogens is 1. The van der Waals surface area contributed by atoms with Gasteiger partial charge in [-0.15, -0.1) is 0 Å². The monoisotopic (exact) mass is 358 g/mol. The number of carbonyl (C=O) groups excluding carboxylic acids is 2. The predicted molar refractivity (Wildman–Crippen MR) is 93.1 cm³/mol. The van der Waals surface area contributed by atoms with Crippen LogP contribution in [0.2, 0.25) is 5.02 Å². The van der Waals surface area contributed by atoms with Crippen molar-refractivity contribution in [2.24, 2.45) is 5.92 Å². The summed E-state index contributed by atoms with van der Waals surface area (Å²) in [5, 5.41) is 3.39. The number of nitrogens with zero attached hydrogens (tertiary/aromatic N) is 1. The van der Waals surface area contributed by atoms with Gasteiger partial charge in [-0.2, -0.15) is 0 Å². The summed E-state index contributed by atoms with van der Waals surface area (Å²) in [6.45, 7) is 0.508. The van der Waals surface area contributed by atoms with Crippen LogP contribution in [0.1, 0.15) is 6.42 Å². The molecule has 0 saturated carbocycles. The summed E-state index contributed by atoms with van der Waals surface area (Å²) in [7, 11) is 0. The Morgan fingerprint density at radius 1 is 1.16 bits per heavy atom. The highest BCUT2D eigenvalue weighted by atomic mass is 35.5. The van der Waals surface area contributed by atoms with Crippen molar-refractivity contribution in [1.82, 2.24) is 0 Å². The summed E-state index contributed by atoms with van der Waals surface area (Å²) < 4.78 is 10.5. The number of anilines is 2. The minimum atomic E-state index is -0.420. The maximum Gasteiger partial charge on any atom is 0.231 e. The van der Waals surface area contributed by atoms with Crippen molar-refractivity contribution in [1.29, 1.82) is 0 Å². The lowest BCUT2D eigenvalue weighted by molar-refractivity contribution is -0.122. The fourth-order valence-corrected chi connectivity index (χ4v) is 3.18. The van der Waals surface area contributed by atoms with Crippen molar-refractivity contribution >= 4 is 34.8 Å². The first-order chi connectivity index (χ1) is 12.1. The third-order valence-electron chi connectivity index (χ3n) is 4.26. The molecule has 0 unspecified atom stereocenters. The normalized spacial score (nSPS) is 18.5. The molecule has 7 heteroatoms. The van der Waals surface area contributed by atoms with Crippen LogP contribution in [0, 0.1) is 5.92 Å². The van der Waals surface area contributed by atoms with Gasteiger partial charge in [0.05, 0.1) is 5.92 Å². The SMILES string of the molecule is O=C(Nc1ccc2c(c1)OCO2)[C@H]1CC(=O)N(c2cccc(Cl)c2)C1. The first-order valence-electron chi connectivity index (χ1n) is 7.86. The molecule has 25 heavy (non-hydrogen) atoms. The third kappa shape index (κ3) is 3.13. The lowest BCUT2D eigenvalue weighted by atomic mass is 10.1. The van der Waals surface area contributed by atoms with Gasteiger partial charge in [-0.3, -0.25) is 9.59 Å². The van der Waals surface area contributed by atoms with Gasteiger partial charge in [-0.05, 0) is 30.3 Å². The first-order valence-corrected chi connectivity index (χ1v) is 8.24. The molecule has 2 aliphatic rings. The fraction of sp³-hybridized carbons (Fsp3) is 0.222. The summed E-state index contributed by atoms with van der Waals surface area (Å²) in [4.78, 5) is 26.4. The topological polar surface area (TPSA) is 67.9 Å². The molecule has 0 aromatic heterocycles. The molecule has 0 bridgehead atoms. The molecule has 128 valence electrons. The van der Waals surface area contributed by atoms with E-state index in [1.807, 2.05) is 6.07 Å². The predicted octanol–water partition coefficient (Wildman–Crippen LogP) is 3.06. The molecule has 1 fully saturated rings. The van der Waals surface area contributed by atoms with Crippen LogP contribution in [0.3, 0.4) is 0 Å². The Hall–Kier alpha value is -2.73. The number of carbonyl (C=O) groups is 2. The van der Waals surface area contributed by atoms with E-state index in [0.29, 0.717) is 34.4 Å². The number of benzene rings is 2. The van der Waals surface area contributed by atoms with Crippen LogP contribution < -0.4 is 19.7 Å². The molecule has 0 aliphatic carbocycles. The zero-order chi connectivity index (χ0) is 17.4. The van der Waals surface area contributed by atoms with Crippen LogP contribution in [0.15, 0.2) is 42.5 Å².